The zero-order valence-electron chi connectivity index (χ0n) is 60.3. The summed E-state index contributed by atoms with van der Waals surface area (Å²) in [6.45, 7) is 5.01. The quantitative estimate of drug-likeness (QED) is 0.0320. The lowest BCUT2D eigenvalue weighted by Crippen LogP contribution is -2.45. The number of carbonyl (C=O) groups is 2. The van der Waals surface area contributed by atoms with Gasteiger partial charge in [-0.1, -0.05) is 424 Å². The van der Waals surface area contributed by atoms with Crippen molar-refractivity contribution in [2.45, 2.75) is 488 Å². The first kappa shape index (κ1) is 86.6. The second-order valence-electron chi connectivity index (χ2n) is 28.5. The van der Waals surface area contributed by atoms with Crippen molar-refractivity contribution in [1.82, 2.24) is 5.32 Å². The Labute approximate surface area is 552 Å². The van der Waals surface area contributed by atoms with Gasteiger partial charge in [0.15, 0.2) is 0 Å². The average molecular weight is 1240 g/mol. The van der Waals surface area contributed by atoms with Crippen LogP contribution >= 0.6 is 0 Å². The van der Waals surface area contributed by atoms with E-state index in [4.69, 9.17) is 4.74 Å². The highest BCUT2D eigenvalue weighted by molar-refractivity contribution is 5.76. The predicted octanol–water partition coefficient (Wildman–Crippen LogP) is 27.1. The van der Waals surface area contributed by atoms with Crippen LogP contribution in [0, 0.1) is 0 Å². The number of amides is 1. The van der Waals surface area contributed by atoms with Crippen molar-refractivity contribution in [2.75, 3.05) is 13.2 Å². The van der Waals surface area contributed by atoms with Gasteiger partial charge in [0.05, 0.1) is 25.4 Å². The highest BCUT2D eigenvalue weighted by Crippen LogP contribution is 2.21. The fourth-order valence-corrected chi connectivity index (χ4v) is 13.3. The van der Waals surface area contributed by atoms with Gasteiger partial charge in [-0.3, -0.25) is 9.59 Å². The van der Waals surface area contributed by atoms with Crippen LogP contribution < -0.4 is 5.32 Å². The summed E-state index contributed by atoms with van der Waals surface area (Å²) in [6, 6.07) is -0.538. The van der Waals surface area contributed by atoms with Crippen molar-refractivity contribution < 1.29 is 24.5 Å². The maximum atomic E-state index is 12.5. The summed E-state index contributed by atoms with van der Waals surface area (Å²) in [5, 5.41) is 23.4. The highest BCUT2D eigenvalue weighted by Gasteiger charge is 2.20. The molecule has 0 aliphatic heterocycles. The molecule has 88 heavy (non-hydrogen) atoms. The Balaban J connectivity index is 3.30. The van der Waals surface area contributed by atoms with Crippen LogP contribution in [0.1, 0.15) is 476 Å². The van der Waals surface area contributed by atoms with Crippen LogP contribution in [0.2, 0.25) is 0 Å². The van der Waals surface area contributed by atoms with E-state index >= 15 is 0 Å². The summed E-state index contributed by atoms with van der Waals surface area (Å²) in [7, 11) is 0. The minimum Gasteiger partial charge on any atom is -0.466 e. The molecule has 0 spiro atoms. The second kappa shape index (κ2) is 78.0. The van der Waals surface area contributed by atoms with Crippen LogP contribution in [0.5, 0.6) is 0 Å². The number of carbonyl (C=O) groups excluding carboxylic acids is 2. The molecule has 0 fully saturated rings. The lowest BCUT2D eigenvalue weighted by molar-refractivity contribution is -0.143. The van der Waals surface area contributed by atoms with Crippen molar-refractivity contribution in [1.29, 1.82) is 0 Å². The molecule has 2 unspecified atom stereocenters. The number of rotatable bonds is 78. The molecule has 0 heterocycles. The minimum atomic E-state index is -0.661. The molecule has 2 atom stereocenters. The molecule has 0 saturated carbocycles. The van der Waals surface area contributed by atoms with Gasteiger partial charge in [-0.2, -0.15) is 0 Å². The molecule has 0 saturated heterocycles. The minimum absolute atomic E-state index is 0.0270. The third-order valence-electron chi connectivity index (χ3n) is 19.6. The van der Waals surface area contributed by atoms with E-state index in [1.807, 2.05) is 0 Å². The van der Waals surface area contributed by atoms with Gasteiger partial charge in [-0.25, -0.2) is 0 Å². The Kier molecular flexibility index (Phi) is 76.8. The molecular weight excluding hydrogens is 1080 g/mol. The molecule has 0 radical (unpaired) electrons. The Morgan fingerprint density at radius 1 is 0.307 bits per heavy atom. The Morgan fingerprint density at radius 3 is 0.807 bits per heavy atom. The first-order chi connectivity index (χ1) is 43.5. The molecule has 0 aliphatic rings. The molecule has 6 heteroatoms. The van der Waals surface area contributed by atoms with Crippen LogP contribution in [0.25, 0.3) is 0 Å². The fourth-order valence-electron chi connectivity index (χ4n) is 13.3. The molecule has 0 rings (SSSR count). The maximum absolute atomic E-state index is 12.5. The van der Waals surface area contributed by atoms with Gasteiger partial charge in [-0.05, 0) is 51.4 Å². The molecule has 524 valence electrons. The number of hydrogen-bond acceptors (Lipinski definition) is 5. The number of unbranched alkanes of at least 4 members (excludes halogenated alkanes) is 65. The topological polar surface area (TPSA) is 95.9 Å². The van der Waals surface area contributed by atoms with Crippen LogP contribution in [0.15, 0.2) is 12.2 Å². The van der Waals surface area contributed by atoms with Crippen molar-refractivity contribution in [2.24, 2.45) is 0 Å². The Morgan fingerprint density at radius 2 is 0.534 bits per heavy atom. The normalized spacial score (nSPS) is 12.5. The number of ether oxygens (including phenoxy) is 1. The van der Waals surface area contributed by atoms with Crippen LogP contribution in [0.4, 0.5) is 0 Å². The van der Waals surface area contributed by atoms with Crippen molar-refractivity contribution in [3.8, 4) is 0 Å². The van der Waals surface area contributed by atoms with E-state index in [-0.39, 0.29) is 18.5 Å². The average Bonchev–Trinajstić information content (AvgIpc) is 3.59. The molecule has 3 N–H and O–H groups in total. The van der Waals surface area contributed by atoms with Gasteiger partial charge in [0.1, 0.15) is 0 Å². The molecule has 0 aromatic carbocycles. The SMILES string of the molecule is CCCCCCCCCCCCCCCCCCCCCC(=O)OCCCCCCCCCCCCCCCCCC/C=C\CCCCCCCCCCCCCCCCCCCC(=O)NC(CO)C(O)CCCCCCCCCCCCCCCCC. The monoisotopic (exact) mass is 1240 g/mol. The first-order valence-corrected chi connectivity index (χ1v) is 40.9. The number of esters is 1. The van der Waals surface area contributed by atoms with E-state index in [0.29, 0.717) is 25.9 Å². The largest absolute Gasteiger partial charge is 0.466 e. The smallest absolute Gasteiger partial charge is 0.305 e. The Bertz CT molecular complexity index is 1340. The molecule has 0 bridgehead atoms. The van der Waals surface area contributed by atoms with Gasteiger partial charge < -0.3 is 20.3 Å². The predicted molar refractivity (Wildman–Crippen MR) is 389 cm³/mol. The summed E-state index contributed by atoms with van der Waals surface area (Å²) in [5.74, 6) is 0.000570. The second-order valence-corrected chi connectivity index (χ2v) is 28.5. The van der Waals surface area contributed by atoms with E-state index in [9.17, 15) is 19.8 Å². The molecular formula is C82H161NO5. The van der Waals surface area contributed by atoms with Crippen molar-refractivity contribution in [3.63, 3.8) is 0 Å². The van der Waals surface area contributed by atoms with Gasteiger partial charge in [0.25, 0.3) is 0 Å². The van der Waals surface area contributed by atoms with Crippen LogP contribution in [-0.2, 0) is 14.3 Å². The van der Waals surface area contributed by atoms with Crippen LogP contribution in [-0.4, -0.2) is 47.4 Å². The lowest BCUT2D eigenvalue weighted by atomic mass is 10.0. The third kappa shape index (κ3) is 73.6. The lowest BCUT2D eigenvalue weighted by Gasteiger charge is -2.22. The molecule has 0 aliphatic carbocycles. The van der Waals surface area contributed by atoms with E-state index in [1.165, 1.54) is 405 Å². The number of aliphatic hydroxyl groups is 2. The summed E-state index contributed by atoms with van der Waals surface area (Å²) < 4.78 is 5.52. The van der Waals surface area contributed by atoms with Gasteiger partial charge in [0.2, 0.25) is 5.91 Å². The van der Waals surface area contributed by atoms with Crippen molar-refractivity contribution in [3.05, 3.63) is 12.2 Å². The summed E-state index contributed by atoms with van der Waals surface area (Å²) >= 11 is 0. The number of aliphatic hydroxyl groups excluding tert-OH is 2. The van der Waals surface area contributed by atoms with Crippen LogP contribution in [0.3, 0.4) is 0 Å². The highest BCUT2D eigenvalue weighted by atomic mass is 16.5. The third-order valence-corrected chi connectivity index (χ3v) is 19.6. The zero-order valence-corrected chi connectivity index (χ0v) is 60.3. The number of nitrogens with one attached hydrogen (secondary N) is 1. The Hall–Kier alpha value is -1.40. The maximum Gasteiger partial charge on any atom is 0.305 e. The van der Waals surface area contributed by atoms with E-state index in [0.717, 1.165) is 38.5 Å². The fraction of sp³-hybridized carbons (Fsp3) is 0.951. The van der Waals surface area contributed by atoms with Crippen molar-refractivity contribution >= 4 is 11.9 Å². The van der Waals surface area contributed by atoms with Gasteiger partial charge in [0, 0.05) is 12.8 Å². The molecule has 6 nitrogen and oxygen atoms in total. The number of allylic oxidation sites excluding steroid dienone is 2. The standard InChI is InChI=1S/C82H161NO5/c1-3-5-7-9-11-13-15-17-19-20-40-44-48-52-56-60-64-68-72-76-82(87)88-77-73-69-65-61-57-53-49-45-42-39-37-35-33-31-29-27-25-23-21-22-24-26-28-30-32-34-36-38-41-43-47-51-55-59-63-67-71-75-81(86)83-79(78-84)80(85)74-70-66-62-58-54-50-46-18-16-14-12-10-8-6-4-2/h21,23,79-80,84-85H,3-20,22,24-78H2,1-2H3,(H,83,86)/b23-21-. The van der Waals surface area contributed by atoms with E-state index < -0.39 is 12.1 Å². The van der Waals surface area contributed by atoms with E-state index in [2.05, 4.69) is 31.3 Å². The zero-order chi connectivity index (χ0) is 63.5. The summed E-state index contributed by atoms with van der Waals surface area (Å²) in [5.41, 5.74) is 0. The first-order valence-electron chi connectivity index (χ1n) is 40.9. The van der Waals surface area contributed by atoms with Gasteiger partial charge >= 0.3 is 5.97 Å². The molecule has 0 aromatic heterocycles. The van der Waals surface area contributed by atoms with Gasteiger partial charge in [-0.15, -0.1) is 0 Å². The summed E-state index contributed by atoms with van der Waals surface area (Å²) in [6.07, 6.45) is 99.0. The molecule has 1 amide bonds. The molecule has 0 aromatic rings. The van der Waals surface area contributed by atoms with E-state index in [1.54, 1.807) is 0 Å². The summed E-state index contributed by atoms with van der Waals surface area (Å²) in [4.78, 5) is 24.7. The number of hydrogen-bond donors (Lipinski definition) is 3.